The Kier molecular flexibility index (Phi) is 7.47. The number of ether oxygens (including phenoxy) is 2. The lowest BCUT2D eigenvalue weighted by Crippen LogP contribution is -2.50. The molecule has 0 radical (unpaired) electrons. The average molecular weight is 538 g/mol. The second-order valence-corrected chi connectivity index (χ2v) is 10.2. The van der Waals surface area contributed by atoms with Crippen LogP contribution in [0, 0.1) is 17.6 Å². The lowest BCUT2D eigenvalue weighted by atomic mass is 10.0. The highest BCUT2D eigenvalue weighted by Gasteiger charge is 2.45. The zero-order valence-corrected chi connectivity index (χ0v) is 21.7. The number of hydrogen-bond acceptors (Lipinski definition) is 5. The van der Waals surface area contributed by atoms with Gasteiger partial charge in [0.2, 0.25) is 5.43 Å². The molecular weight excluding hydrogens is 508 g/mol. The average Bonchev–Trinajstić information content (AvgIpc) is 3.30. The number of hydrogen-bond donors (Lipinski definition) is 1. The Balaban J connectivity index is 1.49. The fraction of sp³-hybridized carbons (Fsp3) is 0.345. The van der Waals surface area contributed by atoms with Crippen LogP contribution >= 0.6 is 0 Å². The number of carbonyl (C=O) groups is 2. The number of halogens is 2. The first-order valence-electron chi connectivity index (χ1n) is 12.8. The van der Waals surface area contributed by atoms with E-state index in [1.807, 2.05) is 30.3 Å². The minimum absolute atomic E-state index is 0.0115. The van der Waals surface area contributed by atoms with E-state index in [-0.39, 0.29) is 48.3 Å². The molecule has 0 bridgehead atoms. The molecule has 0 aliphatic carbocycles. The summed E-state index contributed by atoms with van der Waals surface area (Å²) >= 11 is 0. The molecule has 1 fully saturated rings. The highest BCUT2D eigenvalue weighted by molar-refractivity contribution is 5.99. The number of nitrogens with zero attached hydrogens (tertiary/aromatic N) is 2. The lowest BCUT2D eigenvalue weighted by molar-refractivity contribution is 0.00497. The number of amides is 2. The molecule has 8 nitrogen and oxygen atoms in total. The molecule has 204 valence electrons. The van der Waals surface area contributed by atoms with Crippen LogP contribution in [0.3, 0.4) is 0 Å². The van der Waals surface area contributed by atoms with Crippen molar-refractivity contribution in [1.29, 1.82) is 0 Å². The van der Waals surface area contributed by atoms with Crippen molar-refractivity contribution in [1.82, 2.24) is 14.8 Å². The number of pyridine rings is 1. The largest absolute Gasteiger partial charge is 0.483 e. The normalized spacial score (nSPS) is 18.2. The maximum Gasteiger partial charge on any atom is 0.276 e. The Morgan fingerprint density at radius 2 is 1.92 bits per heavy atom. The number of carbonyl (C=O) groups excluding carboxylic acids is 2. The summed E-state index contributed by atoms with van der Waals surface area (Å²) in [4.78, 5) is 42.1. The van der Waals surface area contributed by atoms with Gasteiger partial charge in [-0.25, -0.2) is 8.78 Å². The van der Waals surface area contributed by atoms with E-state index < -0.39 is 35.1 Å². The van der Waals surface area contributed by atoms with Crippen molar-refractivity contribution < 1.29 is 27.8 Å². The third kappa shape index (κ3) is 5.42. The molecule has 0 saturated carbocycles. The van der Waals surface area contributed by atoms with Crippen molar-refractivity contribution in [3.8, 4) is 5.75 Å². The molecule has 2 aliphatic heterocycles. The van der Waals surface area contributed by atoms with E-state index in [1.54, 1.807) is 4.90 Å². The van der Waals surface area contributed by atoms with Gasteiger partial charge < -0.3 is 24.3 Å². The summed E-state index contributed by atoms with van der Waals surface area (Å²) in [5, 5.41) is 2.51. The lowest BCUT2D eigenvalue weighted by Gasteiger charge is -2.35. The molecule has 5 rings (SSSR count). The van der Waals surface area contributed by atoms with Crippen LogP contribution in [0.2, 0.25) is 0 Å². The van der Waals surface area contributed by atoms with Gasteiger partial charge in [-0.3, -0.25) is 14.4 Å². The van der Waals surface area contributed by atoms with Gasteiger partial charge in [0.1, 0.15) is 23.8 Å². The van der Waals surface area contributed by atoms with Crippen molar-refractivity contribution in [2.75, 3.05) is 6.61 Å². The number of nitrogens with one attached hydrogen (secondary N) is 1. The second-order valence-electron chi connectivity index (χ2n) is 10.2. The van der Waals surface area contributed by atoms with Crippen LogP contribution in [0.25, 0.3) is 0 Å². The Bertz CT molecular complexity index is 1460. The van der Waals surface area contributed by atoms with E-state index in [2.05, 4.69) is 19.2 Å². The van der Waals surface area contributed by atoms with Crippen molar-refractivity contribution in [3.63, 3.8) is 0 Å². The van der Waals surface area contributed by atoms with Gasteiger partial charge in [0.15, 0.2) is 17.7 Å². The van der Waals surface area contributed by atoms with Gasteiger partial charge in [-0.2, -0.15) is 0 Å². The van der Waals surface area contributed by atoms with Crippen LogP contribution in [0.5, 0.6) is 5.75 Å². The number of aromatic nitrogens is 1. The highest BCUT2D eigenvalue weighted by Crippen LogP contribution is 2.32. The first-order valence-corrected chi connectivity index (χ1v) is 12.8. The van der Waals surface area contributed by atoms with E-state index in [1.165, 1.54) is 16.8 Å². The molecule has 1 aromatic heterocycles. The molecule has 1 N–H and O–H groups in total. The third-order valence-electron chi connectivity index (χ3n) is 6.88. The first-order chi connectivity index (χ1) is 18.7. The summed E-state index contributed by atoms with van der Waals surface area (Å²) in [6.45, 7) is 4.47. The Morgan fingerprint density at radius 3 is 2.64 bits per heavy atom. The summed E-state index contributed by atoms with van der Waals surface area (Å²) in [6.07, 6.45) is 1.52. The van der Waals surface area contributed by atoms with E-state index in [0.717, 1.165) is 24.1 Å². The first kappa shape index (κ1) is 26.6. The molecule has 2 atom stereocenters. The van der Waals surface area contributed by atoms with Crippen LogP contribution in [0.4, 0.5) is 8.78 Å². The molecule has 2 aromatic carbocycles. The van der Waals surface area contributed by atoms with Crippen LogP contribution in [0.15, 0.2) is 59.5 Å². The van der Waals surface area contributed by atoms with Crippen molar-refractivity contribution in [2.45, 2.75) is 52.2 Å². The Labute approximate surface area is 224 Å². The van der Waals surface area contributed by atoms with Gasteiger partial charge in [-0.05, 0) is 24.0 Å². The third-order valence-corrected chi connectivity index (χ3v) is 6.88. The standard InChI is InChI=1S/C29H29F2N3O5/c1-17(2)10-21-16-38-24-14-33-13-22(28(36)32-12-19-8-9-20(30)11-23(19)31)26(35)27(25(33)29(37)34(21)24)39-15-18-6-4-3-5-7-18/h3-9,11,13,17,21,24H,10,12,14-16H2,1-2H3,(H,32,36)/t21-,24?/m1/s1. The topological polar surface area (TPSA) is 89.9 Å². The second kappa shape index (κ2) is 11.0. The van der Waals surface area contributed by atoms with Gasteiger partial charge in [-0.1, -0.05) is 50.2 Å². The van der Waals surface area contributed by atoms with Crippen molar-refractivity contribution >= 4 is 11.8 Å². The number of benzene rings is 2. The maximum atomic E-state index is 14.1. The monoisotopic (exact) mass is 537 g/mol. The summed E-state index contributed by atoms with van der Waals surface area (Å²) in [6, 6.07) is 12.0. The molecule has 0 spiro atoms. The Morgan fingerprint density at radius 1 is 1.15 bits per heavy atom. The quantitative estimate of drug-likeness (QED) is 0.472. The minimum atomic E-state index is -0.815. The number of fused-ring (bicyclic) bond motifs is 2. The SMILES string of the molecule is CC(C)C[C@@H]1COC2Cn3cc(C(=O)NCc4ccc(F)cc4F)c(=O)c(OCc4ccccc4)c3C(=O)N21. The van der Waals surface area contributed by atoms with Crippen LogP contribution in [-0.2, 0) is 24.4 Å². The minimum Gasteiger partial charge on any atom is -0.483 e. The summed E-state index contributed by atoms with van der Waals surface area (Å²) < 4.78 is 40.7. The van der Waals surface area contributed by atoms with Crippen molar-refractivity contribution in [3.05, 3.63) is 99.0 Å². The van der Waals surface area contributed by atoms with Gasteiger partial charge in [-0.15, -0.1) is 0 Å². The van der Waals surface area contributed by atoms with Gasteiger partial charge >= 0.3 is 0 Å². The molecule has 3 aromatic rings. The van der Waals surface area contributed by atoms with E-state index in [0.29, 0.717) is 12.5 Å². The molecule has 2 amide bonds. The highest BCUT2D eigenvalue weighted by atomic mass is 19.1. The van der Waals surface area contributed by atoms with Crippen LogP contribution < -0.4 is 15.5 Å². The molecular formula is C29H29F2N3O5. The van der Waals surface area contributed by atoms with Crippen molar-refractivity contribution in [2.24, 2.45) is 5.92 Å². The molecule has 10 heteroatoms. The zero-order valence-electron chi connectivity index (χ0n) is 21.7. The fourth-order valence-electron chi connectivity index (χ4n) is 5.04. The van der Waals surface area contributed by atoms with E-state index >= 15 is 0 Å². The summed E-state index contributed by atoms with van der Waals surface area (Å²) in [7, 11) is 0. The summed E-state index contributed by atoms with van der Waals surface area (Å²) in [5.74, 6) is -2.61. The maximum absolute atomic E-state index is 14.1. The predicted octanol–water partition coefficient (Wildman–Crippen LogP) is 3.86. The van der Waals surface area contributed by atoms with Gasteiger partial charge in [0.25, 0.3) is 11.8 Å². The van der Waals surface area contributed by atoms with Crippen LogP contribution in [0.1, 0.15) is 52.2 Å². The number of rotatable bonds is 8. The smallest absolute Gasteiger partial charge is 0.276 e. The molecule has 1 saturated heterocycles. The van der Waals surface area contributed by atoms with Gasteiger partial charge in [0.05, 0.1) is 19.2 Å². The van der Waals surface area contributed by atoms with E-state index in [9.17, 15) is 23.2 Å². The van der Waals surface area contributed by atoms with Gasteiger partial charge in [0, 0.05) is 24.4 Å². The van der Waals surface area contributed by atoms with E-state index in [4.69, 9.17) is 9.47 Å². The molecule has 1 unspecified atom stereocenters. The van der Waals surface area contributed by atoms with Crippen LogP contribution in [-0.4, -0.2) is 40.2 Å². The Hall–Kier alpha value is -4.05. The fourth-order valence-corrected chi connectivity index (χ4v) is 5.04. The molecule has 2 aliphatic rings. The summed E-state index contributed by atoms with van der Waals surface area (Å²) in [5.41, 5.74) is -0.109. The molecule has 3 heterocycles. The molecule has 39 heavy (non-hydrogen) atoms. The zero-order chi connectivity index (χ0) is 27.7. The predicted molar refractivity (Wildman–Crippen MR) is 138 cm³/mol.